The van der Waals surface area contributed by atoms with Crippen LogP contribution in [0.5, 0.6) is 0 Å². The van der Waals surface area contributed by atoms with Crippen LogP contribution in [0.2, 0.25) is 0 Å². The summed E-state index contributed by atoms with van der Waals surface area (Å²) < 4.78 is 7.12. The van der Waals surface area contributed by atoms with E-state index in [1.54, 1.807) is 17.0 Å². The molecule has 1 aromatic rings. The number of carbonyl (C=O) groups is 1. The molecule has 1 rings (SSSR count). The number of aldehydes is 1. The van der Waals surface area contributed by atoms with E-state index in [9.17, 15) is 4.79 Å². The van der Waals surface area contributed by atoms with Crippen LogP contribution in [0, 0.1) is 0 Å². The van der Waals surface area contributed by atoms with E-state index in [2.05, 4.69) is 4.98 Å². The molecule has 0 N–H and O–H groups in total. The van der Waals surface area contributed by atoms with E-state index in [1.165, 1.54) is 0 Å². The highest BCUT2D eigenvalue weighted by molar-refractivity contribution is 5.69. The summed E-state index contributed by atoms with van der Waals surface area (Å²) in [4.78, 5) is 14.3. The summed E-state index contributed by atoms with van der Waals surface area (Å²) in [5.74, 6) is 0.451. The van der Waals surface area contributed by atoms with Crippen molar-refractivity contribution in [1.82, 2.24) is 9.55 Å². The minimum absolute atomic E-state index is 0.225. The van der Waals surface area contributed by atoms with Crippen LogP contribution < -0.4 is 0 Å². The average molecular weight is 182 g/mol. The van der Waals surface area contributed by atoms with E-state index in [-0.39, 0.29) is 6.10 Å². The molecule has 1 aromatic heterocycles. The van der Waals surface area contributed by atoms with Crippen molar-refractivity contribution in [2.75, 3.05) is 6.61 Å². The molecule has 0 aliphatic carbocycles. The first kappa shape index (κ1) is 9.92. The monoisotopic (exact) mass is 182 g/mol. The second-order valence-electron chi connectivity index (χ2n) is 3.02. The van der Waals surface area contributed by atoms with Crippen LogP contribution in [0.15, 0.2) is 12.4 Å². The molecule has 0 saturated heterocycles. The highest BCUT2D eigenvalue weighted by Gasteiger charge is 2.00. The molecule has 0 fully saturated rings. The largest absolute Gasteiger partial charge is 0.377 e. The van der Waals surface area contributed by atoms with Gasteiger partial charge in [-0.2, -0.15) is 0 Å². The maximum Gasteiger partial charge on any atom is 0.185 e. The summed E-state index contributed by atoms with van der Waals surface area (Å²) in [5, 5.41) is 0. The van der Waals surface area contributed by atoms with Gasteiger partial charge in [0.2, 0.25) is 0 Å². The standard InChI is InChI=1S/C9H14N2O2/c1-8(2)13-6-5-11-4-3-10-9(11)7-12/h3-4,7-8H,5-6H2,1-2H3. The first-order valence-corrected chi connectivity index (χ1v) is 4.32. The van der Waals surface area contributed by atoms with Crippen molar-refractivity contribution < 1.29 is 9.53 Å². The Labute approximate surface area is 77.5 Å². The van der Waals surface area contributed by atoms with Gasteiger partial charge in [0.15, 0.2) is 12.1 Å². The van der Waals surface area contributed by atoms with E-state index < -0.39 is 0 Å². The molecule has 0 aliphatic rings. The molecule has 4 nitrogen and oxygen atoms in total. The van der Waals surface area contributed by atoms with Gasteiger partial charge in [0.25, 0.3) is 0 Å². The smallest absolute Gasteiger partial charge is 0.185 e. The lowest BCUT2D eigenvalue weighted by molar-refractivity contribution is 0.0722. The summed E-state index contributed by atoms with van der Waals surface area (Å²) in [5.41, 5.74) is 0. The zero-order valence-electron chi connectivity index (χ0n) is 7.93. The fourth-order valence-corrected chi connectivity index (χ4v) is 1.01. The second kappa shape index (κ2) is 4.77. The van der Waals surface area contributed by atoms with Crippen LogP contribution in [0.3, 0.4) is 0 Å². The van der Waals surface area contributed by atoms with Crippen LogP contribution >= 0.6 is 0 Å². The lowest BCUT2D eigenvalue weighted by Gasteiger charge is -2.08. The number of hydrogen-bond acceptors (Lipinski definition) is 3. The Bertz CT molecular complexity index is 268. The molecule has 0 saturated carbocycles. The Morgan fingerprint density at radius 3 is 3.08 bits per heavy atom. The summed E-state index contributed by atoms with van der Waals surface area (Å²) in [6.07, 6.45) is 4.35. The number of aromatic nitrogens is 2. The van der Waals surface area contributed by atoms with Crippen molar-refractivity contribution in [1.29, 1.82) is 0 Å². The average Bonchev–Trinajstić information content (AvgIpc) is 2.51. The predicted molar refractivity (Wildman–Crippen MR) is 48.7 cm³/mol. The molecular formula is C9H14N2O2. The van der Waals surface area contributed by atoms with Crippen molar-refractivity contribution >= 4 is 6.29 Å². The van der Waals surface area contributed by atoms with Gasteiger partial charge in [-0.3, -0.25) is 4.79 Å². The Hall–Kier alpha value is -1.16. The van der Waals surface area contributed by atoms with Gasteiger partial charge in [0, 0.05) is 18.9 Å². The Kier molecular flexibility index (Phi) is 3.64. The molecule has 13 heavy (non-hydrogen) atoms. The van der Waals surface area contributed by atoms with Crippen LogP contribution in [0.4, 0.5) is 0 Å². The molecule has 0 atom stereocenters. The second-order valence-corrected chi connectivity index (χ2v) is 3.02. The molecule has 1 heterocycles. The minimum Gasteiger partial charge on any atom is -0.377 e. The van der Waals surface area contributed by atoms with Crippen LogP contribution in [0.1, 0.15) is 24.5 Å². The van der Waals surface area contributed by atoms with Crippen LogP contribution in [-0.2, 0) is 11.3 Å². The van der Waals surface area contributed by atoms with Crippen molar-refractivity contribution in [2.24, 2.45) is 0 Å². The number of imidazole rings is 1. The lowest BCUT2D eigenvalue weighted by atomic mass is 10.5. The number of carbonyl (C=O) groups excluding carboxylic acids is 1. The van der Waals surface area contributed by atoms with Gasteiger partial charge in [0.05, 0.1) is 12.7 Å². The van der Waals surface area contributed by atoms with Gasteiger partial charge in [-0.15, -0.1) is 0 Å². The summed E-state index contributed by atoms with van der Waals surface area (Å²) >= 11 is 0. The van der Waals surface area contributed by atoms with Crippen molar-refractivity contribution in [3.05, 3.63) is 18.2 Å². The van der Waals surface area contributed by atoms with Crippen LogP contribution in [0.25, 0.3) is 0 Å². The van der Waals surface area contributed by atoms with Crippen molar-refractivity contribution in [2.45, 2.75) is 26.5 Å². The third-order valence-electron chi connectivity index (χ3n) is 1.64. The normalized spacial score (nSPS) is 10.7. The molecule has 0 amide bonds. The van der Waals surface area contributed by atoms with Gasteiger partial charge < -0.3 is 9.30 Å². The zero-order valence-corrected chi connectivity index (χ0v) is 7.93. The quantitative estimate of drug-likeness (QED) is 0.641. The molecule has 0 bridgehead atoms. The van der Waals surface area contributed by atoms with Crippen LogP contribution in [-0.4, -0.2) is 28.5 Å². The number of nitrogens with zero attached hydrogens (tertiary/aromatic N) is 2. The van der Waals surface area contributed by atoms with Gasteiger partial charge in [-0.05, 0) is 13.8 Å². The summed E-state index contributed by atoms with van der Waals surface area (Å²) in [6.45, 7) is 5.24. The molecular weight excluding hydrogens is 168 g/mol. The number of hydrogen-bond donors (Lipinski definition) is 0. The Morgan fingerprint density at radius 2 is 2.46 bits per heavy atom. The van der Waals surface area contributed by atoms with E-state index in [0.717, 1.165) is 6.29 Å². The Morgan fingerprint density at radius 1 is 1.69 bits per heavy atom. The van der Waals surface area contributed by atoms with Gasteiger partial charge in [-0.1, -0.05) is 0 Å². The molecule has 0 aliphatic heterocycles. The van der Waals surface area contributed by atoms with E-state index in [0.29, 0.717) is 19.0 Å². The fourth-order valence-electron chi connectivity index (χ4n) is 1.01. The van der Waals surface area contributed by atoms with Gasteiger partial charge >= 0.3 is 0 Å². The number of ether oxygens (including phenoxy) is 1. The van der Waals surface area contributed by atoms with E-state index in [1.807, 2.05) is 13.8 Å². The molecule has 0 radical (unpaired) electrons. The van der Waals surface area contributed by atoms with Gasteiger partial charge in [0.1, 0.15) is 0 Å². The maximum atomic E-state index is 10.5. The van der Waals surface area contributed by atoms with E-state index >= 15 is 0 Å². The zero-order chi connectivity index (χ0) is 9.68. The SMILES string of the molecule is CC(C)OCCn1ccnc1C=O. The highest BCUT2D eigenvalue weighted by Crippen LogP contribution is 1.95. The molecule has 0 spiro atoms. The number of rotatable bonds is 5. The molecule has 0 unspecified atom stereocenters. The first-order chi connectivity index (χ1) is 6.24. The summed E-state index contributed by atoms with van der Waals surface area (Å²) in [7, 11) is 0. The predicted octanol–water partition coefficient (Wildman–Crippen LogP) is 1.12. The molecule has 4 heteroatoms. The van der Waals surface area contributed by atoms with E-state index in [4.69, 9.17) is 4.74 Å². The molecule has 72 valence electrons. The van der Waals surface area contributed by atoms with Crippen molar-refractivity contribution in [3.63, 3.8) is 0 Å². The minimum atomic E-state index is 0.225. The third kappa shape index (κ3) is 2.99. The fraction of sp³-hybridized carbons (Fsp3) is 0.556. The van der Waals surface area contributed by atoms with Gasteiger partial charge in [-0.25, -0.2) is 4.98 Å². The third-order valence-corrected chi connectivity index (χ3v) is 1.64. The summed E-state index contributed by atoms with van der Waals surface area (Å²) in [6, 6.07) is 0. The maximum absolute atomic E-state index is 10.5. The molecule has 0 aromatic carbocycles. The highest BCUT2D eigenvalue weighted by atomic mass is 16.5. The first-order valence-electron chi connectivity index (χ1n) is 4.32. The lowest BCUT2D eigenvalue weighted by Crippen LogP contribution is -2.11. The topological polar surface area (TPSA) is 44.1 Å². The Balaban J connectivity index is 2.40. The van der Waals surface area contributed by atoms with Crippen molar-refractivity contribution in [3.8, 4) is 0 Å².